The molecule has 1 aliphatic carbocycles. The Morgan fingerprint density at radius 2 is 1.76 bits per heavy atom. The Bertz CT molecular complexity index is 350. The molecule has 0 heterocycles. The summed E-state index contributed by atoms with van der Waals surface area (Å²) in [5, 5.41) is 11.3. The molecule has 1 aromatic carbocycles. The molecule has 1 unspecified atom stereocenters. The summed E-state index contributed by atoms with van der Waals surface area (Å²) >= 11 is 5.87. The number of halogens is 1. The highest BCUT2D eigenvalue weighted by molar-refractivity contribution is 6.30. The lowest BCUT2D eigenvalue weighted by atomic mass is 9.79. The monoisotopic (exact) mass is 252 g/mol. The molecule has 1 fully saturated rings. The van der Waals surface area contributed by atoms with Crippen LogP contribution in [0.15, 0.2) is 24.3 Å². The molecule has 1 atom stereocenters. The first-order valence-corrected chi connectivity index (χ1v) is 6.94. The van der Waals surface area contributed by atoms with Gasteiger partial charge in [-0.2, -0.15) is 0 Å². The molecule has 0 aliphatic heterocycles. The van der Waals surface area contributed by atoms with Crippen molar-refractivity contribution in [1.29, 1.82) is 0 Å². The van der Waals surface area contributed by atoms with Crippen LogP contribution >= 0.6 is 11.6 Å². The van der Waals surface area contributed by atoms with Crippen LogP contribution in [0.3, 0.4) is 0 Å². The summed E-state index contributed by atoms with van der Waals surface area (Å²) < 4.78 is 0. The normalized spacial score (nSPS) is 21.1. The third kappa shape index (κ3) is 3.46. The molecule has 0 aromatic heterocycles. The first-order valence-electron chi connectivity index (χ1n) is 6.56. The van der Waals surface area contributed by atoms with Gasteiger partial charge >= 0.3 is 0 Å². The Morgan fingerprint density at radius 1 is 1.18 bits per heavy atom. The van der Waals surface area contributed by atoms with E-state index >= 15 is 0 Å². The van der Waals surface area contributed by atoms with E-state index in [1.54, 1.807) is 0 Å². The van der Waals surface area contributed by atoms with Crippen molar-refractivity contribution in [3.63, 3.8) is 0 Å². The summed E-state index contributed by atoms with van der Waals surface area (Å²) in [5.41, 5.74) is 0.263. The molecular formula is C15H21ClO. The molecule has 1 aliphatic rings. The van der Waals surface area contributed by atoms with Crippen molar-refractivity contribution in [3.05, 3.63) is 34.9 Å². The number of aliphatic hydroxyl groups is 1. The van der Waals surface area contributed by atoms with Crippen LogP contribution in [-0.4, -0.2) is 5.11 Å². The lowest BCUT2D eigenvalue weighted by Gasteiger charge is -2.31. The third-order valence-corrected chi connectivity index (χ3v) is 4.13. The van der Waals surface area contributed by atoms with Crippen molar-refractivity contribution >= 4 is 11.6 Å². The maximum Gasteiger partial charge on any atom is 0.0871 e. The average molecular weight is 253 g/mol. The molecule has 1 aromatic rings. The fraction of sp³-hybridized carbons (Fsp3) is 0.600. The van der Waals surface area contributed by atoms with Crippen molar-refractivity contribution in [2.24, 2.45) is 5.92 Å². The van der Waals surface area contributed by atoms with Gasteiger partial charge in [0.2, 0.25) is 0 Å². The summed E-state index contributed by atoms with van der Waals surface area (Å²) in [6.45, 7) is 1.92. The Balaban J connectivity index is 2.04. The van der Waals surface area contributed by atoms with Gasteiger partial charge in [-0.15, -0.1) is 0 Å². The maximum absolute atomic E-state index is 10.6. The van der Waals surface area contributed by atoms with Gasteiger partial charge in [-0.05, 0) is 37.0 Å². The highest BCUT2D eigenvalue weighted by Crippen LogP contribution is 2.35. The van der Waals surface area contributed by atoms with Crippen molar-refractivity contribution < 1.29 is 5.11 Å². The molecule has 1 N–H and O–H groups in total. The largest absolute Gasteiger partial charge is 0.385 e. The first-order chi connectivity index (χ1) is 8.08. The minimum atomic E-state index is -0.716. The minimum Gasteiger partial charge on any atom is -0.385 e. The molecule has 0 spiro atoms. The van der Waals surface area contributed by atoms with Crippen LogP contribution in [0.2, 0.25) is 5.02 Å². The lowest BCUT2D eigenvalue weighted by Crippen LogP contribution is -2.26. The van der Waals surface area contributed by atoms with Crippen LogP contribution in [0.5, 0.6) is 0 Å². The van der Waals surface area contributed by atoms with Crippen LogP contribution < -0.4 is 0 Å². The van der Waals surface area contributed by atoms with Crippen LogP contribution in [0.4, 0.5) is 0 Å². The summed E-state index contributed by atoms with van der Waals surface area (Å²) in [5.74, 6) is 0.675. The number of hydrogen-bond donors (Lipinski definition) is 1. The average Bonchev–Trinajstić information content (AvgIpc) is 2.30. The molecule has 17 heavy (non-hydrogen) atoms. The number of hydrogen-bond acceptors (Lipinski definition) is 1. The fourth-order valence-electron chi connectivity index (χ4n) is 2.88. The second-order valence-electron chi connectivity index (χ2n) is 5.49. The zero-order valence-corrected chi connectivity index (χ0v) is 11.2. The van der Waals surface area contributed by atoms with E-state index in [0.29, 0.717) is 5.92 Å². The van der Waals surface area contributed by atoms with Crippen molar-refractivity contribution in [3.8, 4) is 0 Å². The van der Waals surface area contributed by atoms with Crippen molar-refractivity contribution in [2.45, 2.75) is 51.0 Å². The standard InChI is InChI=1S/C15H21ClO/c1-15(17,11-12-5-3-2-4-6-12)13-7-9-14(16)10-8-13/h7-10,12,17H,2-6,11H2,1H3. The molecule has 0 bridgehead atoms. The van der Waals surface area contributed by atoms with Crippen LogP contribution in [0, 0.1) is 5.92 Å². The summed E-state index contributed by atoms with van der Waals surface area (Å²) in [6.07, 6.45) is 7.41. The zero-order chi connectivity index (χ0) is 12.3. The first kappa shape index (κ1) is 12.9. The van der Waals surface area contributed by atoms with E-state index in [4.69, 9.17) is 11.6 Å². The lowest BCUT2D eigenvalue weighted by molar-refractivity contribution is 0.0238. The minimum absolute atomic E-state index is 0.675. The van der Waals surface area contributed by atoms with Gasteiger partial charge in [-0.3, -0.25) is 0 Å². The maximum atomic E-state index is 10.6. The van der Waals surface area contributed by atoms with Crippen molar-refractivity contribution in [2.75, 3.05) is 0 Å². The zero-order valence-electron chi connectivity index (χ0n) is 10.5. The molecule has 1 saturated carbocycles. The number of rotatable bonds is 3. The van der Waals surface area contributed by atoms with Gasteiger partial charge in [0.1, 0.15) is 0 Å². The van der Waals surface area contributed by atoms with Crippen LogP contribution in [0.25, 0.3) is 0 Å². The van der Waals surface area contributed by atoms with Gasteiger partial charge < -0.3 is 5.11 Å². The Morgan fingerprint density at radius 3 is 2.35 bits per heavy atom. The highest BCUT2D eigenvalue weighted by Gasteiger charge is 2.28. The van der Waals surface area contributed by atoms with Gasteiger partial charge in [0.15, 0.2) is 0 Å². The topological polar surface area (TPSA) is 20.2 Å². The van der Waals surface area contributed by atoms with E-state index in [9.17, 15) is 5.11 Å². The summed E-state index contributed by atoms with van der Waals surface area (Å²) in [6, 6.07) is 7.58. The van der Waals surface area contributed by atoms with Crippen LogP contribution in [0.1, 0.15) is 51.0 Å². The SMILES string of the molecule is CC(O)(CC1CCCCC1)c1ccc(Cl)cc1. The Labute approximate surface area is 109 Å². The number of benzene rings is 1. The van der Waals surface area contributed by atoms with E-state index in [-0.39, 0.29) is 0 Å². The van der Waals surface area contributed by atoms with E-state index < -0.39 is 5.60 Å². The van der Waals surface area contributed by atoms with Gasteiger partial charge in [0, 0.05) is 5.02 Å². The molecule has 0 radical (unpaired) electrons. The molecule has 2 rings (SSSR count). The molecule has 1 nitrogen and oxygen atoms in total. The van der Waals surface area contributed by atoms with Gasteiger partial charge in [-0.1, -0.05) is 55.8 Å². The molecule has 94 valence electrons. The highest BCUT2D eigenvalue weighted by atomic mass is 35.5. The molecule has 2 heteroatoms. The third-order valence-electron chi connectivity index (χ3n) is 3.88. The van der Waals surface area contributed by atoms with Gasteiger partial charge in [0.05, 0.1) is 5.60 Å². The van der Waals surface area contributed by atoms with Crippen molar-refractivity contribution in [1.82, 2.24) is 0 Å². The Kier molecular flexibility index (Phi) is 4.11. The van der Waals surface area contributed by atoms with E-state index in [0.717, 1.165) is 17.0 Å². The second kappa shape index (κ2) is 5.41. The van der Waals surface area contributed by atoms with E-state index in [1.165, 1.54) is 32.1 Å². The smallest absolute Gasteiger partial charge is 0.0871 e. The predicted octanol–water partition coefficient (Wildman–Crippen LogP) is 4.52. The summed E-state index contributed by atoms with van der Waals surface area (Å²) in [4.78, 5) is 0. The second-order valence-corrected chi connectivity index (χ2v) is 5.93. The predicted molar refractivity (Wildman–Crippen MR) is 72.2 cm³/mol. The summed E-state index contributed by atoms with van der Waals surface area (Å²) in [7, 11) is 0. The molecule has 0 amide bonds. The molecule has 0 saturated heterocycles. The van der Waals surface area contributed by atoms with E-state index in [2.05, 4.69) is 0 Å². The van der Waals surface area contributed by atoms with Gasteiger partial charge in [0.25, 0.3) is 0 Å². The van der Waals surface area contributed by atoms with Crippen LogP contribution in [-0.2, 0) is 5.60 Å². The Hall–Kier alpha value is -0.530. The quantitative estimate of drug-likeness (QED) is 0.839. The fourth-order valence-corrected chi connectivity index (χ4v) is 3.01. The van der Waals surface area contributed by atoms with E-state index in [1.807, 2.05) is 31.2 Å². The van der Waals surface area contributed by atoms with Gasteiger partial charge in [-0.25, -0.2) is 0 Å². The molecular weight excluding hydrogens is 232 g/mol.